The minimum atomic E-state index is -0.680. The lowest BCUT2D eigenvalue weighted by molar-refractivity contribution is 0.297. The Morgan fingerprint density at radius 3 is 2.63 bits per heavy atom. The molecule has 0 saturated carbocycles. The molecule has 3 aromatic carbocycles. The molecule has 4 aromatic rings. The topological polar surface area (TPSA) is 61.4 Å². The van der Waals surface area contributed by atoms with Crippen LogP contribution in [0.25, 0.3) is 21.7 Å². The molecular weight excluding hydrogens is 366 g/mol. The molecule has 6 heteroatoms. The highest BCUT2D eigenvalue weighted by molar-refractivity contribution is 6.31. The van der Waals surface area contributed by atoms with Gasteiger partial charge in [-0.2, -0.15) is 0 Å². The lowest BCUT2D eigenvalue weighted by Gasteiger charge is -2.10. The number of ether oxygens (including phenoxy) is 1. The van der Waals surface area contributed by atoms with Gasteiger partial charge in [-0.15, -0.1) is 0 Å². The lowest BCUT2D eigenvalue weighted by Crippen LogP contribution is -2.25. The molecule has 0 aliphatic heterocycles. The third-order valence-electron chi connectivity index (χ3n) is 4.39. The molecule has 4 rings (SSSR count). The monoisotopic (exact) mass is 381 g/mol. The van der Waals surface area contributed by atoms with E-state index in [0.29, 0.717) is 30.1 Å². The van der Waals surface area contributed by atoms with Crippen LogP contribution in [0.1, 0.15) is 6.42 Å². The van der Waals surface area contributed by atoms with Gasteiger partial charge in [-0.3, -0.25) is 4.57 Å². The summed E-state index contributed by atoms with van der Waals surface area (Å²) in [5.41, 5.74) is -0.174. The molecule has 0 fully saturated rings. The number of halogens is 1. The van der Waals surface area contributed by atoms with Crippen LogP contribution < -0.4 is 16.1 Å². The molecule has 0 aliphatic rings. The molecule has 0 spiro atoms. The largest absolute Gasteiger partial charge is 0.494 e. The number of benzene rings is 3. The van der Waals surface area contributed by atoms with Crippen molar-refractivity contribution in [2.45, 2.75) is 13.0 Å². The summed E-state index contributed by atoms with van der Waals surface area (Å²) in [5.74, 6) is 0.0952. The number of aromatic nitrogens is 1. The van der Waals surface area contributed by atoms with Gasteiger partial charge in [0.1, 0.15) is 5.75 Å². The molecule has 1 aromatic heterocycles. The van der Waals surface area contributed by atoms with E-state index >= 15 is 0 Å². The second-order valence-electron chi connectivity index (χ2n) is 6.18. The van der Waals surface area contributed by atoms with Crippen LogP contribution in [0.5, 0.6) is 5.75 Å². The average Bonchev–Trinajstić information content (AvgIpc) is 2.67. The van der Waals surface area contributed by atoms with E-state index in [0.717, 1.165) is 16.5 Å². The zero-order valence-electron chi connectivity index (χ0n) is 14.4. The highest BCUT2D eigenvalue weighted by Gasteiger charge is 2.10. The molecule has 0 bridgehead atoms. The number of hydrogen-bond donors (Lipinski definition) is 0. The second-order valence-corrected chi connectivity index (χ2v) is 6.62. The summed E-state index contributed by atoms with van der Waals surface area (Å²) in [6.07, 6.45) is 0.582. The van der Waals surface area contributed by atoms with E-state index in [4.69, 9.17) is 20.8 Å². The van der Waals surface area contributed by atoms with Gasteiger partial charge in [0, 0.05) is 11.6 Å². The minimum absolute atomic E-state index is 0.289. The zero-order valence-corrected chi connectivity index (χ0v) is 15.1. The highest BCUT2D eigenvalue weighted by atomic mass is 35.5. The van der Waals surface area contributed by atoms with Crippen LogP contribution in [0.2, 0.25) is 5.02 Å². The van der Waals surface area contributed by atoms with Crippen LogP contribution in [-0.2, 0) is 6.54 Å². The minimum Gasteiger partial charge on any atom is -0.494 e. The van der Waals surface area contributed by atoms with E-state index in [2.05, 4.69) is 0 Å². The molecule has 136 valence electrons. The number of hydrogen-bond acceptors (Lipinski definition) is 4. The molecule has 0 radical (unpaired) electrons. The van der Waals surface area contributed by atoms with Crippen molar-refractivity contribution >= 4 is 33.3 Å². The van der Waals surface area contributed by atoms with Crippen molar-refractivity contribution in [3.8, 4) is 5.75 Å². The van der Waals surface area contributed by atoms with E-state index in [-0.39, 0.29) is 5.39 Å². The Hall–Kier alpha value is -3.05. The van der Waals surface area contributed by atoms with Crippen molar-refractivity contribution < 1.29 is 9.15 Å². The maximum atomic E-state index is 12.1. The van der Waals surface area contributed by atoms with Crippen LogP contribution in [0.4, 0.5) is 0 Å². The van der Waals surface area contributed by atoms with Gasteiger partial charge in [-0.25, -0.2) is 9.59 Å². The van der Waals surface area contributed by atoms with Gasteiger partial charge in [-0.05, 0) is 47.5 Å². The van der Waals surface area contributed by atoms with Crippen molar-refractivity contribution in [3.05, 3.63) is 86.7 Å². The first-order valence-electron chi connectivity index (χ1n) is 8.57. The summed E-state index contributed by atoms with van der Waals surface area (Å²) < 4.78 is 12.0. The second kappa shape index (κ2) is 7.29. The normalized spacial score (nSPS) is 11.1. The van der Waals surface area contributed by atoms with Gasteiger partial charge in [0.2, 0.25) is 0 Å². The summed E-state index contributed by atoms with van der Waals surface area (Å²) in [6, 6.07) is 18.8. The molecule has 27 heavy (non-hydrogen) atoms. The standard InChI is InChI=1S/C21H16ClNO4/c22-16-7-9-19-18(13-16)20(24)27-21(25)23(19)10-3-11-26-17-8-6-14-4-1-2-5-15(14)12-17/h1-2,4-9,12-13H,3,10-11H2. The Morgan fingerprint density at radius 2 is 1.78 bits per heavy atom. The van der Waals surface area contributed by atoms with Gasteiger partial charge in [0.05, 0.1) is 17.5 Å². The van der Waals surface area contributed by atoms with Crippen molar-refractivity contribution in [3.63, 3.8) is 0 Å². The highest BCUT2D eigenvalue weighted by Crippen LogP contribution is 2.21. The maximum Gasteiger partial charge on any atom is 0.422 e. The predicted octanol–water partition coefficient (Wildman–Crippen LogP) is 4.23. The van der Waals surface area contributed by atoms with Crippen LogP contribution in [0.15, 0.2) is 74.7 Å². The van der Waals surface area contributed by atoms with E-state index in [1.165, 1.54) is 10.6 Å². The maximum absolute atomic E-state index is 12.1. The fourth-order valence-corrected chi connectivity index (χ4v) is 3.25. The molecule has 0 aliphatic carbocycles. The van der Waals surface area contributed by atoms with Crippen molar-refractivity contribution in [1.29, 1.82) is 0 Å². The van der Waals surface area contributed by atoms with Gasteiger partial charge in [-0.1, -0.05) is 41.9 Å². The van der Waals surface area contributed by atoms with Crippen molar-refractivity contribution in [2.24, 2.45) is 0 Å². The number of rotatable bonds is 5. The summed E-state index contributed by atoms with van der Waals surface area (Å²) in [5, 5.41) is 2.97. The molecule has 1 heterocycles. The number of aryl methyl sites for hydroxylation is 1. The first kappa shape index (κ1) is 17.4. The Bertz CT molecular complexity index is 1240. The molecule has 0 atom stereocenters. The Morgan fingerprint density at radius 1 is 0.963 bits per heavy atom. The molecule has 0 unspecified atom stereocenters. The van der Waals surface area contributed by atoms with Crippen molar-refractivity contribution in [1.82, 2.24) is 4.57 Å². The fourth-order valence-electron chi connectivity index (χ4n) is 3.08. The van der Waals surface area contributed by atoms with Crippen molar-refractivity contribution in [2.75, 3.05) is 6.61 Å². The average molecular weight is 382 g/mol. The first-order valence-corrected chi connectivity index (χ1v) is 8.94. The van der Waals surface area contributed by atoms with Crippen LogP contribution in [0.3, 0.4) is 0 Å². The number of nitrogens with zero attached hydrogens (tertiary/aromatic N) is 1. The Labute approximate surface area is 159 Å². The quantitative estimate of drug-likeness (QED) is 0.485. The van der Waals surface area contributed by atoms with Gasteiger partial charge < -0.3 is 9.15 Å². The molecule has 0 amide bonds. The van der Waals surface area contributed by atoms with Gasteiger partial charge in [0.25, 0.3) is 0 Å². The SMILES string of the molecule is O=c1oc(=O)n(CCCOc2ccc3ccccc3c2)c2ccc(Cl)cc12. The van der Waals surface area contributed by atoms with E-state index in [9.17, 15) is 9.59 Å². The smallest absolute Gasteiger partial charge is 0.422 e. The summed E-state index contributed by atoms with van der Waals surface area (Å²) >= 11 is 5.93. The van der Waals surface area contributed by atoms with Crippen LogP contribution in [0, 0.1) is 0 Å². The van der Waals surface area contributed by atoms with Crippen LogP contribution in [-0.4, -0.2) is 11.2 Å². The third kappa shape index (κ3) is 3.59. The van der Waals surface area contributed by atoms with Gasteiger partial charge >= 0.3 is 11.4 Å². The zero-order chi connectivity index (χ0) is 18.8. The summed E-state index contributed by atoms with van der Waals surface area (Å²) in [7, 11) is 0. The third-order valence-corrected chi connectivity index (χ3v) is 4.62. The summed E-state index contributed by atoms with van der Waals surface area (Å²) in [4.78, 5) is 23.9. The van der Waals surface area contributed by atoms with E-state index in [1.54, 1.807) is 12.1 Å². The van der Waals surface area contributed by atoms with Gasteiger partial charge in [0.15, 0.2) is 0 Å². The first-order chi connectivity index (χ1) is 13.1. The molecule has 0 N–H and O–H groups in total. The van der Waals surface area contributed by atoms with E-state index < -0.39 is 11.4 Å². The Balaban J connectivity index is 1.49. The molecule has 5 nitrogen and oxygen atoms in total. The molecule has 0 saturated heterocycles. The Kier molecular flexibility index (Phi) is 4.69. The molecular formula is C21H16ClNO4. The van der Waals surface area contributed by atoms with Crippen LogP contribution >= 0.6 is 11.6 Å². The van der Waals surface area contributed by atoms with E-state index in [1.807, 2.05) is 42.5 Å². The predicted molar refractivity (Wildman–Crippen MR) is 106 cm³/mol. The summed E-state index contributed by atoms with van der Waals surface area (Å²) in [6.45, 7) is 0.799. The lowest BCUT2D eigenvalue weighted by atomic mass is 10.1. The number of fused-ring (bicyclic) bond motifs is 2. The fraction of sp³-hybridized carbons (Fsp3) is 0.143.